The predicted octanol–water partition coefficient (Wildman–Crippen LogP) is 6.88. The fourth-order valence-electron chi connectivity index (χ4n) is 4.45. The van der Waals surface area contributed by atoms with Crippen LogP contribution in [-0.2, 0) is 16.1 Å². The van der Waals surface area contributed by atoms with Crippen LogP contribution in [0.3, 0.4) is 0 Å². The van der Waals surface area contributed by atoms with E-state index >= 15 is 0 Å². The second kappa shape index (κ2) is 12.6. The van der Waals surface area contributed by atoms with E-state index in [1.54, 1.807) is 42.5 Å². The van der Waals surface area contributed by atoms with Gasteiger partial charge in [-0.05, 0) is 66.6 Å². The molecule has 0 radical (unpaired) electrons. The van der Waals surface area contributed by atoms with Crippen LogP contribution in [0.25, 0.3) is 6.08 Å². The molecule has 1 aliphatic rings. The molecule has 1 aromatic heterocycles. The van der Waals surface area contributed by atoms with Gasteiger partial charge in [-0.1, -0.05) is 70.4 Å². The van der Waals surface area contributed by atoms with Crippen molar-refractivity contribution in [3.8, 4) is 5.75 Å². The van der Waals surface area contributed by atoms with Crippen molar-refractivity contribution < 1.29 is 27.4 Å². The summed E-state index contributed by atoms with van der Waals surface area (Å²) in [6.45, 7) is 1.46. The Labute approximate surface area is 261 Å². The summed E-state index contributed by atoms with van der Waals surface area (Å²) in [4.78, 5) is 30.4. The third kappa shape index (κ3) is 6.67. The molecule has 43 heavy (non-hydrogen) atoms. The zero-order valence-electron chi connectivity index (χ0n) is 22.1. The van der Waals surface area contributed by atoms with E-state index in [9.17, 15) is 22.8 Å². The van der Waals surface area contributed by atoms with Gasteiger partial charge in [0.05, 0.1) is 22.8 Å². The quantitative estimate of drug-likeness (QED) is 0.202. The molecule has 0 bridgehead atoms. The number of ether oxygens (including phenoxy) is 2. The lowest BCUT2D eigenvalue weighted by atomic mass is 9.95. The number of hydrogen-bond donors (Lipinski definition) is 0. The first-order chi connectivity index (χ1) is 20.5. The number of halogens is 6. The molecule has 0 fully saturated rings. The van der Waals surface area contributed by atoms with Gasteiger partial charge in [0.1, 0.15) is 12.4 Å². The molecule has 1 atom stereocenters. The molecule has 0 saturated carbocycles. The second-order valence-corrected chi connectivity index (χ2v) is 11.5. The van der Waals surface area contributed by atoms with Gasteiger partial charge in [0.25, 0.3) is 5.56 Å². The minimum absolute atomic E-state index is 0.0444. The summed E-state index contributed by atoms with van der Waals surface area (Å²) in [5.74, 6) is -0.858. The van der Waals surface area contributed by atoms with Gasteiger partial charge in [-0.25, -0.2) is 9.79 Å². The van der Waals surface area contributed by atoms with Crippen LogP contribution in [0.1, 0.15) is 29.7 Å². The Morgan fingerprint density at radius 1 is 1.00 bits per heavy atom. The number of fused-ring (bicyclic) bond motifs is 1. The Morgan fingerprint density at radius 3 is 2.26 bits per heavy atom. The minimum Gasteiger partial charge on any atom is -0.488 e. The lowest BCUT2D eigenvalue weighted by molar-refractivity contribution is -0.140. The van der Waals surface area contributed by atoms with Crippen LogP contribution < -0.4 is 19.6 Å². The third-order valence-electron chi connectivity index (χ3n) is 6.35. The average Bonchev–Trinajstić information content (AvgIpc) is 3.27. The zero-order valence-corrected chi connectivity index (χ0v) is 25.2. The Balaban J connectivity index is 1.68. The maximum Gasteiger partial charge on any atom is 0.434 e. The maximum absolute atomic E-state index is 14.3. The van der Waals surface area contributed by atoms with E-state index in [2.05, 4.69) is 4.99 Å². The SMILES string of the molecule is CCOC(=O)C1=C(C(F)(F)F)N=c2s/c(=C\c3cc(Cl)ccc3OCc3ccc(Cl)cc3)c(=O)n2[C@@H]1c1ccc(Cl)cc1. The topological polar surface area (TPSA) is 69.9 Å². The van der Waals surface area contributed by atoms with E-state index in [1.807, 2.05) is 0 Å². The summed E-state index contributed by atoms with van der Waals surface area (Å²) in [6, 6.07) is 16.2. The van der Waals surface area contributed by atoms with Crippen LogP contribution in [0, 0.1) is 0 Å². The molecule has 2 heterocycles. The van der Waals surface area contributed by atoms with E-state index in [1.165, 1.54) is 37.3 Å². The first-order valence-corrected chi connectivity index (χ1v) is 14.6. The smallest absolute Gasteiger partial charge is 0.434 e. The molecule has 0 spiro atoms. The molecule has 0 saturated heterocycles. The van der Waals surface area contributed by atoms with Crippen molar-refractivity contribution in [3.63, 3.8) is 0 Å². The number of thiazole rings is 1. The van der Waals surface area contributed by atoms with E-state index in [4.69, 9.17) is 44.3 Å². The molecule has 0 amide bonds. The highest BCUT2D eigenvalue weighted by Gasteiger charge is 2.45. The molecule has 1 aliphatic heterocycles. The van der Waals surface area contributed by atoms with Gasteiger partial charge in [-0.15, -0.1) is 0 Å². The molecule has 4 aromatic rings. The van der Waals surface area contributed by atoms with E-state index in [-0.39, 0.29) is 28.1 Å². The van der Waals surface area contributed by atoms with Crippen molar-refractivity contribution in [2.45, 2.75) is 25.7 Å². The first kappa shape index (κ1) is 30.9. The van der Waals surface area contributed by atoms with Gasteiger partial charge in [0.2, 0.25) is 0 Å². The fourth-order valence-corrected chi connectivity index (χ4v) is 5.87. The zero-order chi connectivity index (χ0) is 30.9. The summed E-state index contributed by atoms with van der Waals surface area (Å²) in [6.07, 6.45) is -3.55. The number of esters is 1. The van der Waals surface area contributed by atoms with Crippen molar-refractivity contribution in [1.29, 1.82) is 0 Å². The number of alkyl halides is 3. The predicted molar refractivity (Wildman–Crippen MR) is 159 cm³/mol. The Morgan fingerprint density at radius 2 is 1.63 bits per heavy atom. The summed E-state index contributed by atoms with van der Waals surface area (Å²) < 4.78 is 55.1. The molecule has 222 valence electrons. The van der Waals surface area contributed by atoms with Gasteiger partial charge in [-0.3, -0.25) is 9.36 Å². The van der Waals surface area contributed by atoms with Crippen molar-refractivity contribution >= 4 is 58.2 Å². The average molecular weight is 668 g/mol. The number of aromatic nitrogens is 1. The molecule has 13 heteroatoms. The van der Waals surface area contributed by atoms with Crippen molar-refractivity contribution in [1.82, 2.24) is 4.57 Å². The normalized spacial score (nSPS) is 15.2. The number of rotatable bonds is 7. The monoisotopic (exact) mass is 666 g/mol. The van der Waals surface area contributed by atoms with E-state index in [0.717, 1.165) is 21.5 Å². The summed E-state index contributed by atoms with van der Waals surface area (Å²) >= 11 is 19.0. The Bertz CT molecular complexity index is 1900. The molecular formula is C30H20Cl3F3N2O4S. The van der Waals surface area contributed by atoms with Crippen molar-refractivity contribution in [2.75, 3.05) is 6.61 Å². The van der Waals surface area contributed by atoms with Crippen LogP contribution >= 0.6 is 46.1 Å². The maximum atomic E-state index is 14.3. The van der Waals surface area contributed by atoms with Gasteiger partial charge < -0.3 is 9.47 Å². The third-order valence-corrected chi connectivity index (χ3v) is 8.07. The number of benzene rings is 3. The largest absolute Gasteiger partial charge is 0.488 e. The van der Waals surface area contributed by atoms with Crippen LogP contribution in [0.5, 0.6) is 5.75 Å². The van der Waals surface area contributed by atoms with Crippen LogP contribution in [-0.4, -0.2) is 23.3 Å². The fraction of sp³-hybridized carbons (Fsp3) is 0.167. The summed E-state index contributed by atoms with van der Waals surface area (Å²) in [7, 11) is 0. The van der Waals surface area contributed by atoms with Crippen LogP contribution in [0.15, 0.2) is 87.8 Å². The second-order valence-electron chi connectivity index (χ2n) is 9.21. The molecule has 5 rings (SSSR count). The van der Waals surface area contributed by atoms with Gasteiger partial charge >= 0.3 is 12.1 Å². The molecule has 3 aromatic carbocycles. The van der Waals surface area contributed by atoms with E-state index in [0.29, 0.717) is 26.4 Å². The lowest BCUT2D eigenvalue weighted by Gasteiger charge is -2.26. The summed E-state index contributed by atoms with van der Waals surface area (Å²) in [5, 5.41) is 1.24. The van der Waals surface area contributed by atoms with E-state index < -0.39 is 35.0 Å². The Kier molecular flexibility index (Phi) is 9.03. The molecular weight excluding hydrogens is 648 g/mol. The highest BCUT2D eigenvalue weighted by Crippen LogP contribution is 2.38. The highest BCUT2D eigenvalue weighted by atomic mass is 35.5. The number of hydrogen-bond acceptors (Lipinski definition) is 6. The first-order valence-electron chi connectivity index (χ1n) is 12.7. The summed E-state index contributed by atoms with van der Waals surface area (Å²) in [5.41, 5.74) is -1.45. The highest BCUT2D eigenvalue weighted by molar-refractivity contribution is 7.07. The van der Waals surface area contributed by atoms with Gasteiger partial charge in [-0.2, -0.15) is 13.2 Å². The van der Waals surface area contributed by atoms with Crippen LogP contribution in [0.2, 0.25) is 15.1 Å². The number of nitrogens with zero attached hydrogens (tertiary/aromatic N) is 2. The number of carbonyl (C=O) groups is 1. The Hall–Kier alpha value is -3.57. The molecule has 0 N–H and O–H groups in total. The van der Waals surface area contributed by atoms with Crippen molar-refractivity contribution in [3.05, 3.63) is 129 Å². The molecule has 0 aliphatic carbocycles. The molecule has 6 nitrogen and oxygen atoms in total. The standard InChI is InChI=1S/C30H20Cl3F3N2O4S/c1-2-41-28(40)24-25(17-5-9-20(32)10-6-17)38-27(39)23(43-29(38)37-26(24)30(34,35)36)14-18-13-21(33)11-12-22(18)42-15-16-3-7-19(31)8-4-16/h3-14,25H,2,15H2,1H3/b23-14-/t25-/m1/s1. The van der Waals surface area contributed by atoms with Crippen molar-refractivity contribution in [2.24, 2.45) is 4.99 Å². The van der Waals surface area contributed by atoms with Gasteiger partial charge in [0.15, 0.2) is 10.5 Å². The van der Waals surface area contributed by atoms with Crippen LogP contribution in [0.4, 0.5) is 13.2 Å². The molecule has 0 unspecified atom stereocenters. The van der Waals surface area contributed by atoms with Gasteiger partial charge in [0, 0.05) is 20.6 Å². The lowest BCUT2D eigenvalue weighted by Crippen LogP contribution is -2.41. The minimum atomic E-state index is -5.02. The number of allylic oxidation sites excluding steroid dienone is 1. The number of carbonyl (C=O) groups excluding carboxylic acids is 1.